The molecule has 0 aliphatic rings. The molecule has 27 heavy (non-hydrogen) atoms. The minimum atomic E-state index is -3.58. The molecule has 146 valence electrons. The molecule has 1 aromatic carbocycles. The predicted octanol–water partition coefficient (Wildman–Crippen LogP) is 2.11. The van der Waals surface area contributed by atoms with Crippen molar-refractivity contribution < 1.29 is 17.4 Å². The van der Waals surface area contributed by atoms with Crippen LogP contribution < -0.4 is 20.6 Å². The van der Waals surface area contributed by atoms with Gasteiger partial charge < -0.3 is 20.6 Å². The fourth-order valence-electron chi connectivity index (χ4n) is 2.01. The summed E-state index contributed by atoms with van der Waals surface area (Å²) in [6.07, 6.45) is 2.33. The highest BCUT2D eigenvalue weighted by Crippen LogP contribution is 2.22. The van der Waals surface area contributed by atoms with Crippen molar-refractivity contribution >= 4 is 33.5 Å². The standard InChI is InChI=1S/C17H23N5O4S/c1-10(2)11(3)20-16-14(15(18)23)9-19-17(22-16)21-12-5-7-13(8-6-12)26-27(4,24)25/h5-11H,1-4H3,(H2,18,23)(H2,19,20,21,22). The first-order chi connectivity index (χ1) is 12.5. The zero-order valence-corrected chi connectivity index (χ0v) is 16.4. The van der Waals surface area contributed by atoms with Crippen LogP contribution in [0.15, 0.2) is 30.5 Å². The van der Waals surface area contributed by atoms with E-state index in [1.54, 1.807) is 12.1 Å². The molecule has 0 spiro atoms. The Bertz CT molecular complexity index is 913. The lowest BCUT2D eigenvalue weighted by Gasteiger charge is -2.19. The molecule has 0 saturated carbocycles. The molecule has 0 saturated heterocycles. The van der Waals surface area contributed by atoms with Crippen molar-refractivity contribution in [3.63, 3.8) is 0 Å². The Morgan fingerprint density at radius 1 is 1.19 bits per heavy atom. The van der Waals surface area contributed by atoms with Gasteiger partial charge in [-0.3, -0.25) is 4.79 Å². The molecule has 1 heterocycles. The van der Waals surface area contributed by atoms with Crippen molar-refractivity contribution in [3.05, 3.63) is 36.0 Å². The maximum Gasteiger partial charge on any atom is 0.306 e. The van der Waals surface area contributed by atoms with Gasteiger partial charge in [0.2, 0.25) is 5.95 Å². The quantitative estimate of drug-likeness (QED) is 0.580. The van der Waals surface area contributed by atoms with Gasteiger partial charge in [-0.05, 0) is 37.1 Å². The highest BCUT2D eigenvalue weighted by molar-refractivity contribution is 7.86. The van der Waals surface area contributed by atoms with E-state index in [2.05, 4.69) is 20.6 Å². The van der Waals surface area contributed by atoms with Gasteiger partial charge in [-0.15, -0.1) is 0 Å². The van der Waals surface area contributed by atoms with E-state index in [0.29, 0.717) is 17.4 Å². The second-order valence-corrected chi connectivity index (χ2v) is 8.01. The van der Waals surface area contributed by atoms with Crippen LogP contribution >= 0.6 is 0 Å². The van der Waals surface area contributed by atoms with Gasteiger partial charge in [-0.1, -0.05) is 13.8 Å². The van der Waals surface area contributed by atoms with Gasteiger partial charge in [0.05, 0.1) is 11.8 Å². The summed E-state index contributed by atoms with van der Waals surface area (Å²) in [5, 5.41) is 6.16. The number of nitrogens with zero attached hydrogens (tertiary/aromatic N) is 2. The second kappa shape index (κ2) is 8.21. The predicted molar refractivity (Wildman–Crippen MR) is 104 cm³/mol. The summed E-state index contributed by atoms with van der Waals surface area (Å²) in [7, 11) is -3.58. The van der Waals surface area contributed by atoms with E-state index in [-0.39, 0.29) is 23.3 Å². The molecule has 0 fully saturated rings. The average Bonchev–Trinajstić information content (AvgIpc) is 2.55. The number of anilines is 3. The number of rotatable bonds is 8. The van der Waals surface area contributed by atoms with E-state index in [4.69, 9.17) is 9.92 Å². The molecule has 9 nitrogen and oxygen atoms in total. The summed E-state index contributed by atoms with van der Waals surface area (Å²) in [5.74, 6) is 0.497. The molecule has 10 heteroatoms. The van der Waals surface area contributed by atoms with Gasteiger partial charge in [0, 0.05) is 17.9 Å². The van der Waals surface area contributed by atoms with Crippen molar-refractivity contribution in [1.29, 1.82) is 0 Å². The lowest BCUT2D eigenvalue weighted by Crippen LogP contribution is -2.25. The number of amides is 1. The van der Waals surface area contributed by atoms with Crippen LogP contribution in [0.2, 0.25) is 0 Å². The Labute approximate surface area is 158 Å². The topological polar surface area (TPSA) is 136 Å². The highest BCUT2D eigenvalue weighted by atomic mass is 32.2. The van der Waals surface area contributed by atoms with Crippen molar-refractivity contribution in [3.8, 4) is 5.75 Å². The molecule has 1 unspecified atom stereocenters. The first-order valence-electron chi connectivity index (χ1n) is 8.25. The van der Waals surface area contributed by atoms with Gasteiger partial charge in [-0.25, -0.2) is 4.98 Å². The fourth-order valence-corrected chi connectivity index (χ4v) is 2.47. The van der Waals surface area contributed by atoms with E-state index in [1.165, 1.54) is 18.3 Å². The van der Waals surface area contributed by atoms with Crippen LogP contribution in [0.25, 0.3) is 0 Å². The van der Waals surface area contributed by atoms with E-state index in [1.807, 2.05) is 20.8 Å². The first-order valence-corrected chi connectivity index (χ1v) is 10.1. The van der Waals surface area contributed by atoms with Gasteiger partial charge in [-0.2, -0.15) is 13.4 Å². The molecule has 1 amide bonds. The van der Waals surface area contributed by atoms with Crippen LogP contribution in [0.4, 0.5) is 17.5 Å². The highest BCUT2D eigenvalue weighted by Gasteiger charge is 2.16. The molecule has 2 rings (SSSR count). The molecule has 2 aromatic rings. The van der Waals surface area contributed by atoms with Gasteiger partial charge in [0.25, 0.3) is 5.91 Å². The maximum absolute atomic E-state index is 11.6. The summed E-state index contributed by atoms with van der Waals surface area (Å²) in [6.45, 7) is 6.06. The third-order valence-corrected chi connectivity index (χ3v) is 4.27. The van der Waals surface area contributed by atoms with Crippen LogP contribution in [-0.4, -0.2) is 36.6 Å². The van der Waals surface area contributed by atoms with Gasteiger partial charge in [0.1, 0.15) is 11.6 Å². The van der Waals surface area contributed by atoms with E-state index >= 15 is 0 Å². The SMILES string of the molecule is CC(C)C(C)Nc1nc(Nc2ccc(OS(C)(=O)=O)cc2)ncc1C(N)=O. The summed E-state index contributed by atoms with van der Waals surface area (Å²) in [6, 6.07) is 6.31. The number of hydrogen-bond acceptors (Lipinski definition) is 8. The third kappa shape index (κ3) is 6.10. The van der Waals surface area contributed by atoms with Crippen LogP contribution in [0.3, 0.4) is 0 Å². The Morgan fingerprint density at radius 3 is 2.33 bits per heavy atom. The van der Waals surface area contributed by atoms with Gasteiger partial charge >= 0.3 is 10.1 Å². The maximum atomic E-state index is 11.6. The van der Waals surface area contributed by atoms with Crippen molar-refractivity contribution in [2.75, 3.05) is 16.9 Å². The molecular weight excluding hydrogens is 370 g/mol. The zero-order valence-electron chi connectivity index (χ0n) is 15.6. The Morgan fingerprint density at radius 2 is 1.81 bits per heavy atom. The lowest BCUT2D eigenvalue weighted by atomic mass is 10.1. The Balaban J connectivity index is 2.22. The number of hydrogen-bond donors (Lipinski definition) is 3. The number of carbonyl (C=O) groups is 1. The van der Waals surface area contributed by atoms with E-state index < -0.39 is 16.0 Å². The molecule has 0 bridgehead atoms. The number of nitrogens with one attached hydrogen (secondary N) is 2. The van der Waals surface area contributed by atoms with Crippen molar-refractivity contribution in [2.45, 2.75) is 26.8 Å². The average molecular weight is 393 g/mol. The number of benzene rings is 1. The summed E-state index contributed by atoms with van der Waals surface area (Å²) < 4.78 is 27.1. The monoisotopic (exact) mass is 393 g/mol. The summed E-state index contributed by atoms with van der Waals surface area (Å²) in [4.78, 5) is 20.0. The Hall–Kier alpha value is -2.88. The van der Waals surface area contributed by atoms with Crippen LogP contribution in [0.1, 0.15) is 31.1 Å². The minimum absolute atomic E-state index is 0.0678. The summed E-state index contributed by atoms with van der Waals surface area (Å²) >= 11 is 0. The molecular formula is C17H23N5O4S. The van der Waals surface area contributed by atoms with Gasteiger partial charge in [0.15, 0.2) is 0 Å². The molecule has 1 atom stereocenters. The largest absolute Gasteiger partial charge is 0.383 e. The molecule has 0 aliphatic carbocycles. The van der Waals surface area contributed by atoms with Crippen molar-refractivity contribution in [1.82, 2.24) is 9.97 Å². The Kier molecular flexibility index (Phi) is 6.21. The zero-order chi connectivity index (χ0) is 20.2. The smallest absolute Gasteiger partial charge is 0.306 e. The third-order valence-electron chi connectivity index (χ3n) is 3.78. The fraction of sp³-hybridized carbons (Fsp3) is 0.353. The van der Waals surface area contributed by atoms with E-state index in [0.717, 1.165) is 6.26 Å². The van der Waals surface area contributed by atoms with E-state index in [9.17, 15) is 13.2 Å². The molecule has 0 radical (unpaired) electrons. The van der Waals surface area contributed by atoms with Crippen LogP contribution in [-0.2, 0) is 10.1 Å². The number of aromatic nitrogens is 2. The summed E-state index contributed by atoms with van der Waals surface area (Å²) in [5.41, 5.74) is 6.21. The molecule has 4 N–H and O–H groups in total. The number of nitrogens with two attached hydrogens (primary N) is 1. The van der Waals surface area contributed by atoms with Crippen LogP contribution in [0.5, 0.6) is 5.75 Å². The van der Waals surface area contributed by atoms with Crippen molar-refractivity contribution in [2.24, 2.45) is 11.7 Å². The molecule has 1 aromatic heterocycles. The lowest BCUT2D eigenvalue weighted by molar-refractivity contribution is 0.100. The minimum Gasteiger partial charge on any atom is -0.383 e. The normalized spacial score (nSPS) is 12.5. The van der Waals surface area contributed by atoms with Crippen LogP contribution in [0, 0.1) is 5.92 Å². The number of primary amides is 1. The second-order valence-electron chi connectivity index (χ2n) is 6.43. The molecule has 0 aliphatic heterocycles. The number of carbonyl (C=O) groups excluding carboxylic acids is 1. The first kappa shape index (κ1) is 20.4.